The van der Waals surface area contributed by atoms with Gasteiger partial charge in [0, 0.05) is 6.04 Å². The minimum Gasteiger partial charge on any atom is -0.392 e. The first kappa shape index (κ1) is 17.9. The number of aliphatic hydroxyl groups is 1. The van der Waals surface area contributed by atoms with Crippen LogP contribution in [-0.2, 0) is 0 Å². The molecule has 0 rings (SSSR count). The number of aliphatic hydroxyl groups excluding tert-OH is 1. The van der Waals surface area contributed by atoms with Crippen molar-refractivity contribution in [1.82, 2.24) is 5.32 Å². The highest BCUT2D eigenvalue weighted by molar-refractivity contribution is 4.65. The van der Waals surface area contributed by atoms with E-state index in [-0.39, 0.29) is 12.1 Å². The van der Waals surface area contributed by atoms with E-state index < -0.39 is 0 Å². The van der Waals surface area contributed by atoms with Crippen molar-refractivity contribution in [3.05, 3.63) is 0 Å². The van der Waals surface area contributed by atoms with Crippen LogP contribution < -0.4 is 5.32 Å². The zero-order valence-electron chi connectivity index (χ0n) is 12.9. The van der Waals surface area contributed by atoms with Crippen LogP contribution in [-0.4, -0.2) is 23.8 Å². The van der Waals surface area contributed by atoms with Crippen molar-refractivity contribution in [2.24, 2.45) is 0 Å². The van der Waals surface area contributed by atoms with E-state index in [0.717, 1.165) is 6.54 Å². The molecule has 2 N–H and O–H groups in total. The molecule has 0 aromatic carbocycles. The fourth-order valence-corrected chi connectivity index (χ4v) is 2.11. The van der Waals surface area contributed by atoms with Crippen LogP contribution in [0.5, 0.6) is 0 Å². The van der Waals surface area contributed by atoms with Crippen molar-refractivity contribution in [1.29, 1.82) is 0 Å². The highest BCUT2D eigenvalue weighted by Crippen LogP contribution is 2.10. The number of nitrogens with one attached hydrogen (secondary N) is 1. The van der Waals surface area contributed by atoms with Gasteiger partial charge in [-0.2, -0.15) is 0 Å². The molecule has 0 bridgehead atoms. The molecule has 0 radical (unpaired) electrons. The van der Waals surface area contributed by atoms with Gasteiger partial charge in [-0.15, -0.1) is 0 Å². The zero-order chi connectivity index (χ0) is 13.6. The van der Waals surface area contributed by atoms with E-state index in [4.69, 9.17) is 0 Å². The molecule has 0 aliphatic rings. The Morgan fingerprint density at radius 1 is 0.778 bits per heavy atom. The predicted molar refractivity (Wildman–Crippen MR) is 81.0 cm³/mol. The maximum absolute atomic E-state index is 9.32. The lowest BCUT2D eigenvalue weighted by Gasteiger charge is -2.16. The minimum atomic E-state index is -0.242. The summed E-state index contributed by atoms with van der Waals surface area (Å²) in [5, 5.41) is 12.7. The molecular weight excluding hydrogens is 222 g/mol. The first-order valence-electron chi connectivity index (χ1n) is 8.10. The second-order valence-electron chi connectivity index (χ2n) is 5.67. The van der Waals surface area contributed by atoms with Gasteiger partial charge in [-0.05, 0) is 26.8 Å². The second-order valence-corrected chi connectivity index (χ2v) is 5.67. The molecule has 2 atom stereocenters. The molecule has 0 aromatic heterocycles. The van der Waals surface area contributed by atoms with Crippen LogP contribution in [0.1, 0.15) is 85.0 Å². The molecule has 18 heavy (non-hydrogen) atoms. The number of rotatable bonds is 13. The molecule has 2 unspecified atom stereocenters. The third-order valence-corrected chi connectivity index (χ3v) is 3.72. The van der Waals surface area contributed by atoms with Gasteiger partial charge in [0.2, 0.25) is 0 Å². The maximum Gasteiger partial charge on any atom is 0.0662 e. The Labute approximate surface area is 115 Å². The fourth-order valence-electron chi connectivity index (χ4n) is 2.11. The molecule has 0 aromatic rings. The van der Waals surface area contributed by atoms with E-state index in [0.29, 0.717) is 0 Å². The van der Waals surface area contributed by atoms with Crippen molar-refractivity contribution in [3.8, 4) is 0 Å². The van der Waals surface area contributed by atoms with Gasteiger partial charge in [-0.25, -0.2) is 0 Å². The molecule has 0 fully saturated rings. The first-order chi connectivity index (χ1) is 8.68. The summed E-state index contributed by atoms with van der Waals surface area (Å²) < 4.78 is 0. The smallest absolute Gasteiger partial charge is 0.0662 e. The van der Waals surface area contributed by atoms with Crippen LogP contribution in [0.3, 0.4) is 0 Å². The topological polar surface area (TPSA) is 32.3 Å². The van der Waals surface area contributed by atoms with E-state index >= 15 is 0 Å². The lowest BCUT2D eigenvalue weighted by atomic mass is 10.1. The van der Waals surface area contributed by atoms with Crippen LogP contribution in [0, 0.1) is 0 Å². The van der Waals surface area contributed by atoms with Gasteiger partial charge in [0.25, 0.3) is 0 Å². The van der Waals surface area contributed by atoms with Crippen LogP contribution in [0.2, 0.25) is 0 Å². The summed E-state index contributed by atoms with van der Waals surface area (Å²) in [6.45, 7) is 7.20. The van der Waals surface area contributed by atoms with Gasteiger partial charge in [-0.3, -0.25) is 0 Å². The van der Waals surface area contributed by atoms with Crippen molar-refractivity contribution in [2.45, 2.75) is 97.1 Å². The summed E-state index contributed by atoms with van der Waals surface area (Å²) in [5.74, 6) is 0. The summed E-state index contributed by atoms with van der Waals surface area (Å²) in [6, 6.07) is 0.226. The summed E-state index contributed by atoms with van der Waals surface area (Å²) in [4.78, 5) is 0. The Balaban J connectivity index is 3.03. The Bertz CT molecular complexity index is 159. The summed E-state index contributed by atoms with van der Waals surface area (Å²) in [5.41, 5.74) is 0. The van der Waals surface area contributed by atoms with E-state index in [1.165, 1.54) is 64.2 Å². The molecule has 0 aliphatic carbocycles. The molecule has 2 nitrogen and oxygen atoms in total. The third kappa shape index (κ3) is 12.4. The van der Waals surface area contributed by atoms with E-state index in [9.17, 15) is 5.11 Å². The van der Waals surface area contributed by atoms with Gasteiger partial charge in [0.15, 0.2) is 0 Å². The van der Waals surface area contributed by atoms with Gasteiger partial charge in [-0.1, -0.05) is 64.7 Å². The van der Waals surface area contributed by atoms with Gasteiger partial charge in [0.05, 0.1) is 6.10 Å². The Morgan fingerprint density at radius 2 is 1.22 bits per heavy atom. The lowest BCUT2D eigenvalue weighted by Crippen LogP contribution is -2.35. The monoisotopic (exact) mass is 257 g/mol. The quantitative estimate of drug-likeness (QED) is 0.483. The molecule has 0 saturated heterocycles. The van der Waals surface area contributed by atoms with E-state index in [1.54, 1.807) is 0 Å². The van der Waals surface area contributed by atoms with Gasteiger partial charge >= 0.3 is 0 Å². The van der Waals surface area contributed by atoms with E-state index in [1.807, 2.05) is 13.8 Å². The number of hydrogen-bond donors (Lipinski definition) is 2. The van der Waals surface area contributed by atoms with Crippen LogP contribution in [0.4, 0.5) is 0 Å². The van der Waals surface area contributed by atoms with Gasteiger partial charge < -0.3 is 10.4 Å². The van der Waals surface area contributed by atoms with Crippen molar-refractivity contribution >= 4 is 0 Å². The summed E-state index contributed by atoms with van der Waals surface area (Å²) >= 11 is 0. The predicted octanol–water partition coefficient (Wildman–Crippen LogP) is 4.27. The molecular formula is C16H35NO. The normalized spacial score (nSPS) is 14.7. The fraction of sp³-hybridized carbons (Fsp3) is 1.00. The molecule has 0 aliphatic heterocycles. The Morgan fingerprint density at radius 3 is 1.67 bits per heavy atom. The third-order valence-electron chi connectivity index (χ3n) is 3.72. The average molecular weight is 257 g/mol. The van der Waals surface area contributed by atoms with E-state index in [2.05, 4.69) is 12.2 Å². The first-order valence-corrected chi connectivity index (χ1v) is 8.10. The maximum atomic E-state index is 9.32. The molecule has 0 saturated carbocycles. The molecule has 0 heterocycles. The average Bonchev–Trinajstić information content (AvgIpc) is 2.35. The van der Waals surface area contributed by atoms with Crippen molar-refractivity contribution in [2.75, 3.05) is 6.54 Å². The largest absolute Gasteiger partial charge is 0.392 e. The molecule has 0 spiro atoms. The number of unbranched alkanes of at least 4 members (excludes halogenated alkanes) is 9. The highest BCUT2D eigenvalue weighted by atomic mass is 16.3. The summed E-state index contributed by atoms with van der Waals surface area (Å²) in [7, 11) is 0. The highest BCUT2D eigenvalue weighted by Gasteiger charge is 2.05. The van der Waals surface area contributed by atoms with Gasteiger partial charge in [0.1, 0.15) is 0 Å². The number of hydrogen-bond acceptors (Lipinski definition) is 2. The Kier molecular flexibility index (Phi) is 13.3. The molecule has 0 amide bonds. The van der Waals surface area contributed by atoms with Crippen LogP contribution in [0.15, 0.2) is 0 Å². The standard InChI is InChI=1S/C16H35NO/c1-4-5-6-7-8-9-10-11-12-13-14-17-15(2)16(3)18/h15-18H,4-14H2,1-3H3. The second kappa shape index (κ2) is 13.4. The zero-order valence-corrected chi connectivity index (χ0v) is 12.9. The van der Waals surface area contributed by atoms with Crippen molar-refractivity contribution in [3.63, 3.8) is 0 Å². The molecule has 2 heteroatoms. The van der Waals surface area contributed by atoms with Crippen LogP contribution >= 0.6 is 0 Å². The summed E-state index contributed by atoms with van der Waals surface area (Å²) in [6.07, 6.45) is 13.6. The Hall–Kier alpha value is -0.0800. The lowest BCUT2D eigenvalue weighted by molar-refractivity contribution is 0.152. The minimum absolute atomic E-state index is 0.226. The van der Waals surface area contributed by atoms with Crippen LogP contribution in [0.25, 0.3) is 0 Å². The molecule has 110 valence electrons. The van der Waals surface area contributed by atoms with Crippen molar-refractivity contribution < 1.29 is 5.11 Å². The SMILES string of the molecule is CCCCCCCCCCCCNC(C)C(C)O.